The van der Waals surface area contributed by atoms with Crippen molar-refractivity contribution < 1.29 is 67.5 Å². The first kappa shape index (κ1) is 46.7. The van der Waals surface area contributed by atoms with Crippen LogP contribution in [-0.4, -0.2) is 139 Å². The number of aliphatic hydroxyl groups is 3. The summed E-state index contributed by atoms with van der Waals surface area (Å²) in [7, 11) is 3.22. The minimum absolute atomic E-state index is 0.0313. The highest BCUT2D eigenvalue weighted by Gasteiger charge is 2.60. The Kier molecular flexibility index (Phi) is 14.6. The molecule has 1 spiro atoms. The van der Waals surface area contributed by atoms with Gasteiger partial charge in [0.25, 0.3) is 0 Å². The van der Waals surface area contributed by atoms with E-state index in [9.17, 15) is 20.1 Å². The molecule has 7 rings (SSSR count). The zero-order valence-electron chi connectivity index (χ0n) is 37.5. The molecule has 4 fully saturated rings. The number of rotatable bonds is 7. The van der Waals surface area contributed by atoms with Gasteiger partial charge in [0.1, 0.15) is 42.0 Å². The Balaban J connectivity index is 1.18. The van der Waals surface area contributed by atoms with E-state index in [0.29, 0.717) is 43.3 Å². The highest BCUT2D eigenvalue weighted by atomic mass is 16.7. The molecule has 0 amide bonds. The molecule has 2 bridgehead atoms. The molecule has 0 aromatic heterocycles. The van der Waals surface area contributed by atoms with Gasteiger partial charge in [0, 0.05) is 51.7 Å². The Morgan fingerprint density at radius 1 is 0.852 bits per heavy atom. The largest absolute Gasteiger partial charge is 0.462 e. The van der Waals surface area contributed by atoms with Crippen molar-refractivity contribution in [3.05, 3.63) is 59.3 Å². The Hall–Kier alpha value is -2.31. The molecule has 4 saturated heterocycles. The average molecular weight is 859 g/mol. The molecule has 6 aliphatic heterocycles. The molecule has 7 aliphatic rings. The quantitative estimate of drug-likeness (QED) is 0.231. The van der Waals surface area contributed by atoms with Crippen molar-refractivity contribution >= 4 is 5.97 Å². The van der Waals surface area contributed by atoms with Crippen LogP contribution < -0.4 is 0 Å². The number of aliphatic hydroxyl groups excluding tert-OH is 2. The summed E-state index contributed by atoms with van der Waals surface area (Å²) >= 11 is 0. The number of hydrogen-bond donors (Lipinski definition) is 3. The number of methoxy groups -OCH3 is 2. The van der Waals surface area contributed by atoms with Gasteiger partial charge in [-0.05, 0) is 62.8 Å². The van der Waals surface area contributed by atoms with E-state index >= 15 is 0 Å². The number of hydrogen-bond acceptors (Lipinski definition) is 14. The third-order valence-corrected chi connectivity index (χ3v) is 14.0. The van der Waals surface area contributed by atoms with Crippen LogP contribution in [-0.2, 0) is 52.2 Å². The topological polar surface area (TPSA) is 170 Å². The fourth-order valence-corrected chi connectivity index (χ4v) is 10.4. The zero-order chi connectivity index (χ0) is 44.0. The van der Waals surface area contributed by atoms with Crippen LogP contribution in [0.2, 0.25) is 0 Å². The van der Waals surface area contributed by atoms with E-state index in [4.69, 9.17) is 47.4 Å². The van der Waals surface area contributed by atoms with E-state index in [1.165, 1.54) is 0 Å². The molecule has 14 heteroatoms. The maximum Gasteiger partial charge on any atom is 0.316 e. The van der Waals surface area contributed by atoms with Gasteiger partial charge in [0.05, 0.1) is 49.3 Å². The van der Waals surface area contributed by atoms with E-state index in [0.717, 1.165) is 5.57 Å². The minimum Gasteiger partial charge on any atom is -0.462 e. The number of esters is 1. The van der Waals surface area contributed by atoms with Crippen LogP contribution >= 0.6 is 0 Å². The Morgan fingerprint density at radius 3 is 2.28 bits per heavy atom. The van der Waals surface area contributed by atoms with Gasteiger partial charge in [-0.15, -0.1) is 0 Å². The van der Waals surface area contributed by atoms with E-state index in [1.807, 2.05) is 32.1 Å². The summed E-state index contributed by atoms with van der Waals surface area (Å²) in [6.45, 7) is 16.0. The SMILES string of the molecule is CO[C@H]1C[C@H](O[C@H]2[C@H](C)O[C@@H](O[C@@H]3/C(C)=C\C[C@@H]4C[C@@H](C[C@]5(C=C[C@H](C)[C@@H](C(C)C)O5)O4)OC(=O)[C@@H]4C=C(C)[C@@H](O)[C@H]5OC/C(=C/C=C\[C@@H]3C)[C@]54O)C[C@@H]2OC)O[C@@H](C)[C@@H]1O. The van der Waals surface area contributed by atoms with E-state index < -0.39 is 90.8 Å². The van der Waals surface area contributed by atoms with Crippen LogP contribution in [0.3, 0.4) is 0 Å². The maximum atomic E-state index is 14.3. The molecule has 61 heavy (non-hydrogen) atoms. The van der Waals surface area contributed by atoms with Crippen LogP contribution in [0.15, 0.2) is 59.3 Å². The van der Waals surface area contributed by atoms with Gasteiger partial charge in [-0.1, -0.05) is 64.2 Å². The van der Waals surface area contributed by atoms with Crippen molar-refractivity contribution in [2.24, 2.45) is 23.7 Å². The molecule has 14 nitrogen and oxygen atoms in total. The summed E-state index contributed by atoms with van der Waals surface area (Å²) in [4.78, 5) is 14.3. The van der Waals surface area contributed by atoms with Crippen LogP contribution in [0.25, 0.3) is 0 Å². The molecule has 19 atom stereocenters. The van der Waals surface area contributed by atoms with Gasteiger partial charge in [-0.2, -0.15) is 0 Å². The van der Waals surface area contributed by atoms with E-state index in [-0.39, 0.29) is 42.7 Å². The van der Waals surface area contributed by atoms with Gasteiger partial charge < -0.3 is 62.7 Å². The summed E-state index contributed by atoms with van der Waals surface area (Å²) in [5, 5.41) is 34.2. The normalized spacial score (nSPS) is 49.3. The van der Waals surface area contributed by atoms with Gasteiger partial charge in [-0.25, -0.2) is 0 Å². The van der Waals surface area contributed by atoms with Gasteiger partial charge in [0.2, 0.25) is 0 Å². The summed E-state index contributed by atoms with van der Waals surface area (Å²) in [6.07, 6.45) is 7.54. The second-order valence-electron chi connectivity index (χ2n) is 18.8. The molecule has 0 unspecified atom stereocenters. The molecule has 342 valence electrons. The standard InChI is InChI=1S/C47H70O14/c1-24(2)41-27(5)16-17-46(61-41)22-33-19-32(60-46)15-14-26(4)42(25(3)12-11-13-31-23-54-44-39(48)28(6)18-34(45(50)57-33)47(31,44)51)58-38-21-36(53-10)43(30(8)56-38)59-37-20-35(52-9)40(49)29(7)55-37/h11-14,16-18,24-25,27,29-30,32-44,48-49,51H,15,19-23H2,1-10H3/b12-11-,26-14-,31-13-/t25-,27-,29-,30-,32+,33-,34-,35-,36-,37-,38-,39+,40-,41+,42-,43-,44+,46+,47+/m0/s1. The maximum absolute atomic E-state index is 14.3. The first-order valence-corrected chi connectivity index (χ1v) is 22.3. The van der Waals surface area contributed by atoms with Gasteiger partial charge in [-0.3, -0.25) is 4.79 Å². The lowest BCUT2D eigenvalue weighted by atomic mass is 9.71. The van der Waals surface area contributed by atoms with Crippen LogP contribution in [0.5, 0.6) is 0 Å². The summed E-state index contributed by atoms with van der Waals surface area (Å²) in [6, 6.07) is 0. The predicted octanol–water partition coefficient (Wildman–Crippen LogP) is 4.99. The Morgan fingerprint density at radius 2 is 1.56 bits per heavy atom. The Labute approximate surface area is 361 Å². The monoisotopic (exact) mass is 858 g/mol. The summed E-state index contributed by atoms with van der Waals surface area (Å²) in [5.41, 5.74) is 0.129. The molecule has 1 aliphatic carbocycles. The minimum atomic E-state index is -1.83. The van der Waals surface area contributed by atoms with Crippen molar-refractivity contribution in [1.82, 2.24) is 0 Å². The number of fused-ring (bicyclic) bond motifs is 2. The molecular formula is C47H70O14. The van der Waals surface area contributed by atoms with Crippen molar-refractivity contribution in [3.63, 3.8) is 0 Å². The highest BCUT2D eigenvalue weighted by molar-refractivity contribution is 5.78. The Bertz CT molecular complexity index is 1710. The number of carbonyl (C=O) groups is 1. The summed E-state index contributed by atoms with van der Waals surface area (Å²) in [5.74, 6) is -2.62. The van der Waals surface area contributed by atoms with Crippen LogP contribution in [0.1, 0.15) is 87.5 Å². The highest BCUT2D eigenvalue weighted by Crippen LogP contribution is 2.47. The lowest BCUT2D eigenvalue weighted by Gasteiger charge is -2.48. The fraction of sp³-hybridized carbons (Fsp3) is 0.766. The molecule has 0 saturated carbocycles. The molecule has 6 heterocycles. The van der Waals surface area contributed by atoms with Crippen molar-refractivity contribution in [1.29, 1.82) is 0 Å². The van der Waals surface area contributed by atoms with Gasteiger partial charge >= 0.3 is 5.97 Å². The lowest BCUT2D eigenvalue weighted by Crippen LogP contribution is -2.58. The van der Waals surface area contributed by atoms with Crippen molar-refractivity contribution in [2.45, 2.75) is 185 Å². The molecular weight excluding hydrogens is 789 g/mol. The smallest absolute Gasteiger partial charge is 0.316 e. The zero-order valence-corrected chi connectivity index (χ0v) is 37.5. The number of ether oxygens (including phenoxy) is 10. The second-order valence-corrected chi connectivity index (χ2v) is 18.8. The van der Waals surface area contributed by atoms with E-state index in [1.54, 1.807) is 40.2 Å². The van der Waals surface area contributed by atoms with Gasteiger partial charge in [0.15, 0.2) is 18.4 Å². The molecule has 0 aromatic carbocycles. The second kappa shape index (κ2) is 19.0. The first-order chi connectivity index (χ1) is 29.0. The lowest BCUT2D eigenvalue weighted by molar-refractivity contribution is -0.318. The number of allylic oxidation sites excluding steroid dienone is 2. The van der Waals surface area contributed by atoms with E-state index in [2.05, 4.69) is 39.8 Å². The third kappa shape index (κ3) is 9.58. The first-order valence-electron chi connectivity index (χ1n) is 22.3. The van der Waals surface area contributed by atoms with Crippen molar-refractivity contribution in [3.8, 4) is 0 Å². The summed E-state index contributed by atoms with van der Waals surface area (Å²) < 4.78 is 63.5. The number of carbonyl (C=O) groups excluding carboxylic acids is 1. The fourth-order valence-electron chi connectivity index (χ4n) is 10.4. The van der Waals surface area contributed by atoms with Crippen LogP contribution in [0.4, 0.5) is 0 Å². The molecule has 0 aromatic rings. The third-order valence-electron chi connectivity index (χ3n) is 14.0. The van der Waals surface area contributed by atoms with Crippen LogP contribution in [0, 0.1) is 23.7 Å². The predicted molar refractivity (Wildman–Crippen MR) is 223 cm³/mol. The molecule has 0 radical (unpaired) electrons. The van der Waals surface area contributed by atoms with Crippen molar-refractivity contribution in [2.75, 3.05) is 20.8 Å². The molecule has 3 N–H and O–H groups in total. The average Bonchev–Trinajstić information content (AvgIpc) is 3.56.